The molecule has 0 aliphatic rings. The zero-order valence-electron chi connectivity index (χ0n) is 15.6. The van der Waals surface area contributed by atoms with Crippen molar-refractivity contribution in [3.63, 3.8) is 0 Å². The summed E-state index contributed by atoms with van der Waals surface area (Å²) in [4.78, 5) is 18.0. The van der Waals surface area contributed by atoms with Crippen molar-refractivity contribution < 1.29 is 40.2 Å². The van der Waals surface area contributed by atoms with Crippen molar-refractivity contribution in [2.45, 2.75) is 13.8 Å². The molecule has 0 fully saturated rings. The van der Waals surface area contributed by atoms with E-state index >= 15 is 0 Å². The molecule has 3 aromatic carbocycles. The van der Waals surface area contributed by atoms with Gasteiger partial charge in [-0.1, -0.05) is 91.0 Å². The van der Waals surface area contributed by atoms with E-state index in [1.165, 1.54) is 15.9 Å². The number of carboxylic acids is 2. The fourth-order valence-electron chi connectivity index (χ4n) is 2.18. The molecule has 0 aromatic heterocycles. The molecule has 6 heteroatoms. The van der Waals surface area contributed by atoms with Crippen molar-refractivity contribution in [1.82, 2.24) is 0 Å². The summed E-state index contributed by atoms with van der Waals surface area (Å²) >= 11 is 0. The predicted octanol–water partition coefficient (Wildman–Crippen LogP) is 3.62. The number of rotatable bonds is 3. The minimum absolute atomic E-state index is 0. The maximum Gasteiger partial charge on any atom is 0.300 e. The minimum Gasteiger partial charge on any atom is -0.481 e. The molecule has 2 N–H and O–H groups in total. The van der Waals surface area contributed by atoms with Crippen LogP contribution in [0, 0.1) is 0 Å². The van der Waals surface area contributed by atoms with E-state index in [9.17, 15) is 0 Å². The first-order chi connectivity index (χ1) is 12.9. The Labute approximate surface area is 180 Å². The van der Waals surface area contributed by atoms with Crippen LogP contribution in [0.1, 0.15) is 13.8 Å². The molecule has 0 amide bonds. The second-order valence-corrected chi connectivity index (χ2v) is 7.60. The third-order valence-electron chi connectivity index (χ3n) is 3.04. The first-order valence-corrected chi connectivity index (χ1v) is 9.60. The molecule has 3 rings (SSSR count). The average molecular weight is 489 g/mol. The summed E-state index contributed by atoms with van der Waals surface area (Å²) in [6, 6.07) is 32.3. The van der Waals surface area contributed by atoms with Gasteiger partial charge in [0, 0.05) is 34.3 Å². The first kappa shape index (κ1) is 25.7. The zero-order valence-corrected chi connectivity index (χ0v) is 18.1. The molecule has 3 aromatic rings. The van der Waals surface area contributed by atoms with Crippen molar-refractivity contribution in [3.8, 4) is 0 Å². The van der Waals surface area contributed by atoms with Gasteiger partial charge in [-0.25, -0.2) is 0 Å². The Morgan fingerprint density at radius 2 is 0.750 bits per heavy atom. The topological polar surface area (TPSA) is 74.6 Å². The molecular formula is C22H23O4PPd. The van der Waals surface area contributed by atoms with Crippen molar-refractivity contribution in [2.75, 3.05) is 0 Å². The Balaban J connectivity index is 0.000000697. The molecule has 4 nitrogen and oxygen atoms in total. The number of carboxylic acid groups (broad SMARTS) is 2. The number of benzene rings is 3. The van der Waals surface area contributed by atoms with Crippen LogP contribution >= 0.6 is 7.92 Å². The van der Waals surface area contributed by atoms with Gasteiger partial charge in [-0.15, -0.1) is 0 Å². The molecule has 28 heavy (non-hydrogen) atoms. The molecule has 0 atom stereocenters. The summed E-state index contributed by atoms with van der Waals surface area (Å²) in [5, 5.41) is 19.0. The third kappa shape index (κ3) is 10.7. The van der Waals surface area contributed by atoms with E-state index in [1.54, 1.807) is 0 Å². The van der Waals surface area contributed by atoms with Crippen LogP contribution in [0.3, 0.4) is 0 Å². The van der Waals surface area contributed by atoms with Gasteiger partial charge in [0.25, 0.3) is 11.9 Å². The average Bonchev–Trinajstić information content (AvgIpc) is 2.64. The van der Waals surface area contributed by atoms with E-state index in [0.29, 0.717) is 0 Å². The molecule has 0 spiro atoms. The molecule has 0 radical (unpaired) electrons. The van der Waals surface area contributed by atoms with Crippen LogP contribution in [-0.2, 0) is 30.0 Å². The molecule has 0 saturated heterocycles. The summed E-state index contributed by atoms with van der Waals surface area (Å²) in [7, 11) is -0.446. The van der Waals surface area contributed by atoms with E-state index < -0.39 is 19.9 Å². The molecule has 0 heterocycles. The van der Waals surface area contributed by atoms with Crippen molar-refractivity contribution in [3.05, 3.63) is 91.0 Å². The first-order valence-electron chi connectivity index (χ1n) is 8.26. The van der Waals surface area contributed by atoms with E-state index in [0.717, 1.165) is 13.8 Å². The van der Waals surface area contributed by atoms with Gasteiger partial charge in [-0.05, 0) is 23.8 Å². The maximum atomic E-state index is 9.00. The van der Waals surface area contributed by atoms with Crippen LogP contribution in [0.2, 0.25) is 0 Å². The molecule has 150 valence electrons. The van der Waals surface area contributed by atoms with Crippen molar-refractivity contribution in [2.24, 2.45) is 0 Å². The number of carbonyl (C=O) groups is 2. The summed E-state index contributed by atoms with van der Waals surface area (Å²) in [6.07, 6.45) is 0. The summed E-state index contributed by atoms with van der Waals surface area (Å²) in [5.41, 5.74) is 0. The van der Waals surface area contributed by atoms with E-state index in [1.807, 2.05) is 0 Å². The van der Waals surface area contributed by atoms with Crippen molar-refractivity contribution in [1.29, 1.82) is 0 Å². The van der Waals surface area contributed by atoms with Gasteiger partial charge in [0.15, 0.2) is 0 Å². The second-order valence-electron chi connectivity index (χ2n) is 5.38. The van der Waals surface area contributed by atoms with Crippen molar-refractivity contribution >= 4 is 35.8 Å². The number of aliphatic carboxylic acids is 2. The molecule has 0 unspecified atom stereocenters. The molecule has 0 saturated carbocycles. The van der Waals surface area contributed by atoms with E-state index in [2.05, 4.69) is 91.0 Å². The Bertz CT molecular complexity index is 698. The fraction of sp³-hybridized carbons (Fsp3) is 0.0909. The number of hydrogen-bond acceptors (Lipinski definition) is 2. The standard InChI is InChI=1S/C18H15P.2C2H4O2.Pd/c1-4-10-16(11-5-1)19(17-12-6-2-7-13-17)18-14-8-3-9-15-18;2*1-2(3)4;/h1-15H;2*1H3,(H,3,4);. The molecule has 0 bridgehead atoms. The second kappa shape index (κ2) is 14.7. The maximum absolute atomic E-state index is 9.00. The Morgan fingerprint density at radius 3 is 0.929 bits per heavy atom. The minimum atomic E-state index is -0.833. The van der Waals surface area contributed by atoms with Gasteiger partial charge in [0.1, 0.15) is 0 Å². The zero-order chi connectivity index (χ0) is 20.1. The van der Waals surface area contributed by atoms with Gasteiger partial charge in [0.05, 0.1) is 0 Å². The monoisotopic (exact) mass is 488 g/mol. The van der Waals surface area contributed by atoms with Crippen LogP contribution in [0.5, 0.6) is 0 Å². The fourth-order valence-corrected chi connectivity index (χ4v) is 4.48. The van der Waals surface area contributed by atoms with Gasteiger partial charge in [-0.2, -0.15) is 0 Å². The van der Waals surface area contributed by atoms with Gasteiger partial charge in [0.2, 0.25) is 0 Å². The van der Waals surface area contributed by atoms with E-state index in [-0.39, 0.29) is 20.4 Å². The van der Waals surface area contributed by atoms with Crippen LogP contribution in [0.15, 0.2) is 91.0 Å². The normalized spacial score (nSPS) is 8.96. The SMILES string of the molecule is CC(=O)O.CC(=O)O.[Pd].c1ccc(P(c2ccccc2)c2ccccc2)cc1. The van der Waals surface area contributed by atoms with Crippen LogP contribution in [0.4, 0.5) is 0 Å². The van der Waals surface area contributed by atoms with Gasteiger partial charge in [-0.3, -0.25) is 9.59 Å². The largest absolute Gasteiger partial charge is 0.481 e. The smallest absolute Gasteiger partial charge is 0.300 e. The Kier molecular flexibility index (Phi) is 13.5. The van der Waals surface area contributed by atoms with Gasteiger partial charge < -0.3 is 10.2 Å². The summed E-state index contributed by atoms with van der Waals surface area (Å²) in [5.74, 6) is -1.67. The van der Waals surface area contributed by atoms with Crippen LogP contribution in [-0.4, -0.2) is 22.2 Å². The third-order valence-corrected chi connectivity index (χ3v) is 5.49. The van der Waals surface area contributed by atoms with Crippen LogP contribution in [0.25, 0.3) is 0 Å². The van der Waals surface area contributed by atoms with Crippen LogP contribution < -0.4 is 15.9 Å². The van der Waals surface area contributed by atoms with Gasteiger partial charge >= 0.3 is 0 Å². The predicted molar refractivity (Wildman–Crippen MR) is 112 cm³/mol. The molecule has 0 aliphatic carbocycles. The molecule has 0 aliphatic heterocycles. The Morgan fingerprint density at radius 1 is 0.571 bits per heavy atom. The number of hydrogen-bond donors (Lipinski definition) is 2. The Hall–Kier alpha value is -2.31. The van der Waals surface area contributed by atoms with E-state index in [4.69, 9.17) is 19.8 Å². The molecular weight excluding hydrogens is 466 g/mol. The summed E-state index contributed by atoms with van der Waals surface area (Å²) < 4.78 is 0. The quantitative estimate of drug-likeness (QED) is 0.436. The summed E-state index contributed by atoms with van der Waals surface area (Å²) in [6.45, 7) is 2.17.